The van der Waals surface area contributed by atoms with Crippen molar-refractivity contribution in [3.8, 4) is 6.07 Å². The van der Waals surface area contributed by atoms with Crippen LogP contribution in [0.5, 0.6) is 0 Å². The zero-order valence-electron chi connectivity index (χ0n) is 9.19. The monoisotopic (exact) mass is 218 g/mol. The van der Waals surface area contributed by atoms with E-state index in [1.807, 2.05) is 0 Å². The molecule has 0 amide bonds. The number of ether oxygens (including phenoxy) is 1. The molecule has 0 radical (unpaired) electrons. The molecule has 2 N–H and O–H groups in total. The molecule has 0 aliphatic heterocycles. The first-order chi connectivity index (χ1) is 7.69. The Morgan fingerprint density at radius 1 is 1.56 bits per heavy atom. The molecule has 0 aromatic heterocycles. The van der Waals surface area contributed by atoms with E-state index in [-0.39, 0.29) is 12.4 Å². The fourth-order valence-corrected chi connectivity index (χ4v) is 1.45. The summed E-state index contributed by atoms with van der Waals surface area (Å²) in [5.74, 6) is -0.269. The standard InChI is InChI=1S/C12H14N2O2/c1-2-16-12(15)7-6-10-9(8-13)4-3-5-11(10)14/h3-5H,2,6-7,14H2,1H3. The van der Waals surface area contributed by atoms with E-state index in [1.54, 1.807) is 25.1 Å². The summed E-state index contributed by atoms with van der Waals surface area (Å²) < 4.78 is 4.81. The number of hydrogen-bond acceptors (Lipinski definition) is 4. The van der Waals surface area contributed by atoms with Gasteiger partial charge in [0.15, 0.2) is 0 Å². The van der Waals surface area contributed by atoms with E-state index < -0.39 is 0 Å². The van der Waals surface area contributed by atoms with Gasteiger partial charge in [-0.3, -0.25) is 4.79 Å². The molecule has 0 unspecified atom stereocenters. The summed E-state index contributed by atoms with van der Waals surface area (Å²) in [6.45, 7) is 2.13. The summed E-state index contributed by atoms with van der Waals surface area (Å²) in [5, 5.41) is 8.89. The number of rotatable bonds is 4. The van der Waals surface area contributed by atoms with E-state index in [0.717, 1.165) is 5.56 Å². The average Bonchev–Trinajstić information content (AvgIpc) is 2.27. The smallest absolute Gasteiger partial charge is 0.306 e. The minimum absolute atomic E-state index is 0.247. The van der Waals surface area contributed by atoms with Crippen molar-refractivity contribution in [3.63, 3.8) is 0 Å². The molecule has 0 aliphatic rings. The first kappa shape index (κ1) is 12.1. The summed E-state index contributed by atoms with van der Waals surface area (Å²) in [5.41, 5.74) is 7.54. The summed E-state index contributed by atoms with van der Waals surface area (Å²) in [6.07, 6.45) is 0.686. The van der Waals surface area contributed by atoms with Gasteiger partial charge in [-0.1, -0.05) is 6.07 Å². The number of hydrogen-bond donors (Lipinski definition) is 1. The third-order valence-electron chi connectivity index (χ3n) is 2.22. The van der Waals surface area contributed by atoms with Gasteiger partial charge in [-0.15, -0.1) is 0 Å². The predicted molar refractivity (Wildman–Crippen MR) is 60.5 cm³/mol. The molecule has 0 spiro atoms. The molecule has 0 bridgehead atoms. The molecule has 1 aromatic rings. The van der Waals surface area contributed by atoms with Crippen molar-refractivity contribution < 1.29 is 9.53 Å². The van der Waals surface area contributed by atoms with E-state index in [0.29, 0.717) is 24.3 Å². The number of carbonyl (C=O) groups is 1. The average molecular weight is 218 g/mol. The van der Waals surface area contributed by atoms with E-state index >= 15 is 0 Å². The summed E-state index contributed by atoms with van der Waals surface area (Å²) >= 11 is 0. The first-order valence-electron chi connectivity index (χ1n) is 5.12. The molecular formula is C12H14N2O2. The summed E-state index contributed by atoms with van der Waals surface area (Å²) in [4.78, 5) is 11.2. The number of anilines is 1. The summed E-state index contributed by atoms with van der Waals surface area (Å²) in [7, 11) is 0. The maximum Gasteiger partial charge on any atom is 0.306 e. The second kappa shape index (κ2) is 5.76. The molecule has 16 heavy (non-hydrogen) atoms. The van der Waals surface area contributed by atoms with Crippen molar-refractivity contribution in [1.29, 1.82) is 5.26 Å². The minimum atomic E-state index is -0.269. The second-order valence-electron chi connectivity index (χ2n) is 3.29. The third-order valence-corrected chi connectivity index (χ3v) is 2.22. The van der Waals surface area contributed by atoms with Crippen molar-refractivity contribution in [2.45, 2.75) is 19.8 Å². The largest absolute Gasteiger partial charge is 0.466 e. The molecule has 0 aliphatic carbocycles. The van der Waals surface area contributed by atoms with Crippen molar-refractivity contribution in [3.05, 3.63) is 29.3 Å². The Kier molecular flexibility index (Phi) is 4.34. The highest BCUT2D eigenvalue weighted by Crippen LogP contribution is 2.18. The van der Waals surface area contributed by atoms with Crippen LogP contribution < -0.4 is 5.73 Å². The topological polar surface area (TPSA) is 76.1 Å². The number of esters is 1. The van der Waals surface area contributed by atoms with Crippen LogP contribution in [0.15, 0.2) is 18.2 Å². The maximum atomic E-state index is 11.2. The third kappa shape index (κ3) is 2.99. The van der Waals surface area contributed by atoms with Crippen molar-refractivity contribution in [1.82, 2.24) is 0 Å². The normalized spacial score (nSPS) is 9.50. The minimum Gasteiger partial charge on any atom is -0.466 e. The lowest BCUT2D eigenvalue weighted by molar-refractivity contribution is -0.143. The van der Waals surface area contributed by atoms with Crippen molar-refractivity contribution in [2.24, 2.45) is 0 Å². The lowest BCUT2D eigenvalue weighted by Gasteiger charge is -2.07. The van der Waals surface area contributed by atoms with Crippen molar-refractivity contribution in [2.75, 3.05) is 12.3 Å². The van der Waals surface area contributed by atoms with Gasteiger partial charge in [-0.05, 0) is 31.0 Å². The molecule has 0 fully saturated rings. The van der Waals surface area contributed by atoms with E-state index in [2.05, 4.69) is 6.07 Å². The van der Waals surface area contributed by atoms with Crippen LogP contribution in [0.1, 0.15) is 24.5 Å². The van der Waals surface area contributed by atoms with Gasteiger partial charge in [0.25, 0.3) is 0 Å². The SMILES string of the molecule is CCOC(=O)CCc1c(N)cccc1C#N. The van der Waals surface area contributed by atoms with Gasteiger partial charge < -0.3 is 10.5 Å². The van der Waals surface area contributed by atoms with Crippen LogP contribution in [-0.4, -0.2) is 12.6 Å². The lowest BCUT2D eigenvalue weighted by Crippen LogP contribution is -2.07. The van der Waals surface area contributed by atoms with Crippen LogP contribution >= 0.6 is 0 Å². The Bertz CT molecular complexity index is 422. The van der Waals surface area contributed by atoms with Crippen LogP contribution in [-0.2, 0) is 16.0 Å². The molecule has 4 nitrogen and oxygen atoms in total. The maximum absolute atomic E-state index is 11.2. The Morgan fingerprint density at radius 3 is 2.94 bits per heavy atom. The highest BCUT2D eigenvalue weighted by molar-refractivity contribution is 5.70. The lowest BCUT2D eigenvalue weighted by atomic mass is 10.0. The fraction of sp³-hybridized carbons (Fsp3) is 0.333. The van der Waals surface area contributed by atoms with Crippen LogP contribution in [0.25, 0.3) is 0 Å². The van der Waals surface area contributed by atoms with E-state index in [1.165, 1.54) is 0 Å². The Hall–Kier alpha value is -2.02. The van der Waals surface area contributed by atoms with Crippen LogP contribution in [0.3, 0.4) is 0 Å². The molecule has 1 rings (SSSR count). The number of nitriles is 1. The van der Waals surface area contributed by atoms with Crippen LogP contribution in [0.2, 0.25) is 0 Å². The van der Waals surface area contributed by atoms with E-state index in [9.17, 15) is 4.79 Å². The van der Waals surface area contributed by atoms with E-state index in [4.69, 9.17) is 15.7 Å². The van der Waals surface area contributed by atoms with Gasteiger partial charge in [0.2, 0.25) is 0 Å². The van der Waals surface area contributed by atoms with Gasteiger partial charge in [0.05, 0.1) is 18.2 Å². The molecule has 0 saturated heterocycles. The molecule has 0 atom stereocenters. The molecule has 84 valence electrons. The number of carbonyl (C=O) groups excluding carboxylic acids is 1. The second-order valence-corrected chi connectivity index (χ2v) is 3.29. The Labute approximate surface area is 94.6 Å². The number of benzene rings is 1. The number of nitrogens with two attached hydrogens (primary N) is 1. The Morgan fingerprint density at radius 2 is 2.31 bits per heavy atom. The zero-order chi connectivity index (χ0) is 12.0. The fourth-order valence-electron chi connectivity index (χ4n) is 1.45. The van der Waals surface area contributed by atoms with Crippen LogP contribution in [0, 0.1) is 11.3 Å². The van der Waals surface area contributed by atoms with Crippen LogP contribution in [0.4, 0.5) is 5.69 Å². The predicted octanol–water partition coefficient (Wildman–Crippen LogP) is 1.64. The van der Waals surface area contributed by atoms with Gasteiger partial charge in [0.1, 0.15) is 0 Å². The van der Waals surface area contributed by atoms with Gasteiger partial charge in [-0.2, -0.15) is 5.26 Å². The molecule has 0 heterocycles. The van der Waals surface area contributed by atoms with Gasteiger partial charge >= 0.3 is 5.97 Å². The molecular weight excluding hydrogens is 204 g/mol. The molecule has 4 heteroatoms. The van der Waals surface area contributed by atoms with Gasteiger partial charge in [-0.25, -0.2) is 0 Å². The molecule has 1 aromatic carbocycles. The number of nitrogens with zero attached hydrogens (tertiary/aromatic N) is 1. The first-order valence-corrected chi connectivity index (χ1v) is 5.12. The Balaban J connectivity index is 2.74. The number of nitrogen functional groups attached to an aromatic ring is 1. The highest BCUT2D eigenvalue weighted by Gasteiger charge is 2.09. The van der Waals surface area contributed by atoms with Crippen molar-refractivity contribution >= 4 is 11.7 Å². The van der Waals surface area contributed by atoms with Gasteiger partial charge in [0, 0.05) is 12.1 Å². The highest BCUT2D eigenvalue weighted by atomic mass is 16.5. The summed E-state index contributed by atoms with van der Waals surface area (Å²) in [6, 6.07) is 7.20. The zero-order valence-corrected chi connectivity index (χ0v) is 9.19. The quantitative estimate of drug-likeness (QED) is 0.615. The molecule has 0 saturated carbocycles.